The van der Waals surface area contributed by atoms with Gasteiger partial charge < -0.3 is 9.47 Å². The average Bonchev–Trinajstić information content (AvgIpc) is 1.99. The van der Waals surface area contributed by atoms with Crippen molar-refractivity contribution in [2.24, 2.45) is 5.41 Å². The van der Waals surface area contributed by atoms with Crippen LogP contribution in [-0.4, -0.2) is 32.3 Å². The summed E-state index contributed by atoms with van der Waals surface area (Å²) >= 11 is 3.43. The van der Waals surface area contributed by atoms with Gasteiger partial charge in [0.15, 0.2) is 0 Å². The Balaban J connectivity index is 3.23. The number of halogens is 1. The van der Waals surface area contributed by atoms with Crippen LogP contribution in [0.25, 0.3) is 0 Å². The topological polar surface area (TPSA) is 18.5 Å². The fourth-order valence-electron chi connectivity index (χ4n) is 0.529. The van der Waals surface area contributed by atoms with E-state index in [0.717, 1.165) is 11.9 Å². The summed E-state index contributed by atoms with van der Waals surface area (Å²) in [6.45, 7) is 6.47. The van der Waals surface area contributed by atoms with Gasteiger partial charge in [-0.25, -0.2) is 0 Å². The second kappa shape index (κ2) is 5.98. The highest BCUT2D eigenvalue weighted by Crippen LogP contribution is 2.17. The number of hydrogen-bond acceptors (Lipinski definition) is 2. The molecule has 0 saturated heterocycles. The number of methoxy groups -OCH3 is 1. The lowest BCUT2D eigenvalue weighted by atomic mass is 9.99. The van der Waals surface area contributed by atoms with Crippen LogP contribution < -0.4 is 0 Å². The third-order valence-electron chi connectivity index (χ3n) is 1.29. The van der Waals surface area contributed by atoms with Crippen LogP contribution in [-0.2, 0) is 9.47 Å². The number of rotatable bonds is 6. The van der Waals surface area contributed by atoms with Crippen molar-refractivity contribution in [3.63, 3.8) is 0 Å². The molecule has 3 heteroatoms. The molecule has 0 aromatic rings. The van der Waals surface area contributed by atoms with E-state index in [0.29, 0.717) is 13.2 Å². The third-order valence-corrected chi connectivity index (χ3v) is 2.80. The summed E-state index contributed by atoms with van der Waals surface area (Å²) in [5.41, 5.74) is 0.230. The molecule has 0 fully saturated rings. The van der Waals surface area contributed by atoms with E-state index in [2.05, 4.69) is 29.8 Å². The number of ether oxygens (including phenoxy) is 2. The van der Waals surface area contributed by atoms with Crippen molar-refractivity contribution in [2.75, 3.05) is 32.3 Å². The first-order valence-electron chi connectivity index (χ1n) is 3.75. The number of alkyl halides is 1. The molecule has 0 aromatic carbocycles. The summed E-state index contributed by atoms with van der Waals surface area (Å²) in [6.07, 6.45) is 0. The van der Waals surface area contributed by atoms with E-state index < -0.39 is 0 Å². The van der Waals surface area contributed by atoms with Gasteiger partial charge in [0, 0.05) is 12.4 Å². The molecule has 0 bridgehead atoms. The van der Waals surface area contributed by atoms with E-state index in [1.165, 1.54) is 0 Å². The van der Waals surface area contributed by atoms with Crippen molar-refractivity contribution < 1.29 is 9.47 Å². The largest absolute Gasteiger partial charge is 0.382 e. The zero-order chi connectivity index (χ0) is 8.74. The molecule has 0 rings (SSSR count). The van der Waals surface area contributed by atoms with Crippen LogP contribution in [0.1, 0.15) is 13.8 Å². The smallest absolute Gasteiger partial charge is 0.0700 e. The highest BCUT2D eigenvalue weighted by atomic mass is 79.9. The van der Waals surface area contributed by atoms with Crippen molar-refractivity contribution >= 4 is 15.9 Å². The lowest BCUT2D eigenvalue weighted by molar-refractivity contribution is 0.0354. The fourth-order valence-corrected chi connectivity index (χ4v) is 0.691. The van der Waals surface area contributed by atoms with E-state index in [9.17, 15) is 0 Å². The summed E-state index contributed by atoms with van der Waals surface area (Å²) in [7, 11) is 1.68. The standard InChI is InChI=1S/C8H17BrO2/c1-8(2,6-9)7-11-5-4-10-3/h4-7H2,1-3H3. The molecule has 0 aromatic heterocycles. The summed E-state index contributed by atoms with van der Waals surface area (Å²) in [5, 5.41) is 0.965. The molecule has 0 saturated carbocycles. The average molecular weight is 225 g/mol. The molecule has 68 valence electrons. The van der Waals surface area contributed by atoms with Crippen molar-refractivity contribution in [1.29, 1.82) is 0 Å². The molecule has 11 heavy (non-hydrogen) atoms. The van der Waals surface area contributed by atoms with Gasteiger partial charge in [0.2, 0.25) is 0 Å². The Morgan fingerprint density at radius 1 is 1.27 bits per heavy atom. The first kappa shape index (κ1) is 11.4. The van der Waals surface area contributed by atoms with Gasteiger partial charge in [-0.2, -0.15) is 0 Å². The Bertz CT molecular complexity index is 94.1. The van der Waals surface area contributed by atoms with E-state index in [1.807, 2.05) is 0 Å². The predicted molar refractivity (Wildman–Crippen MR) is 50.3 cm³/mol. The Kier molecular flexibility index (Phi) is 6.19. The van der Waals surface area contributed by atoms with Crippen molar-refractivity contribution in [1.82, 2.24) is 0 Å². The van der Waals surface area contributed by atoms with Crippen molar-refractivity contribution in [2.45, 2.75) is 13.8 Å². The zero-order valence-corrected chi connectivity index (χ0v) is 9.11. The van der Waals surface area contributed by atoms with Gasteiger partial charge in [0.25, 0.3) is 0 Å². The molecule has 0 amide bonds. The Morgan fingerprint density at radius 3 is 2.36 bits per heavy atom. The van der Waals surface area contributed by atoms with Crippen LogP contribution in [0.15, 0.2) is 0 Å². The summed E-state index contributed by atoms with van der Waals surface area (Å²) in [5.74, 6) is 0. The van der Waals surface area contributed by atoms with E-state index in [4.69, 9.17) is 9.47 Å². The Labute approximate surface area is 77.4 Å². The Hall–Kier alpha value is 0.400. The van der Waals surface area contributed by atoms with Crippen LogP contribution in [0.5, 0.6) is 0 Å². The summed E-state index contributed by atoms with van der Waals surface area (Å²) < 4.78 is 10.2. The molecule has 0 aliphatic carbocycles. The quantitative estimate of drug-likeness (QED) is 0.509. The molecule has 0 atom stereocenters. The highest BCUT2D eigenvalue weighted by Gasteiger charge is 2.15. The molecule has 0 heterocycles. The molecular formula is C8H17BrO2. The maximum atomic E-state index is 5.37. The van der Waals surface area contributed by atoms with Gasteiger partial charge >= 0.3 is 0 Å². The molecule has 2 nitrogen and oxygen atoms in total. The number of hydrogen-bond donors (Lipinski definition) is 0. The van der Waals surface area contributed by atoms with Gasteiger partial charge in [-0.1, -0.05) is 29.8 Å². The predicted octanol–water partition coefficient (Wildman–Crippen LogP) is 2.07. The SMILES string of the molecule is COCCOCC(C)(C)CBr. The van der Waals surface area contributed by atoms with Crippen molar-refractivity contribution in [3.05, 3.63) is 0 Å². The Morgan fingerprint density at radius 2 is 1.91 bits per heavy atom. The molecule has 0 aliphatic heterocycles. The van der Waals surface area contributed by atoms with E-state index >= 15 is 0 Å². The molecule has 0 spiro atoms. The van der Waals surface area contributed by atoms with Gasteiger partial charge in [-0.15, -0.1) is 0 Å². The first-order valence-corrected chi connectivity index (χ1v) is 4.87. The van der Waals surface area contributed by atoms with Crippen molar-refractivity contribution in [3.8, 4) is 0 Å². The van der Waals surface area contributed by atoms with Crippen LogP contribution in [0.3, 0.4) is 0 Å². The highest BCUT2D eigenvalue weighted by molar-refractivity contribution is 9.09. The normalized spacial score (nSPS) is 12.0. The third kappa shape index (κ3) is 6.78. The van der Waals surface area contributed by atoms with Gasteiger partial charge in [0.1, 0.15) is 0 Å². The van der Waals surface area contributed by atoms with Gasteiger partial charge in [-0.05, 0) is 5.41 Å². The monoisotopic (exact) mass is 224 g/mol. The summed E-state index contributed by atoms with van der Waals surface area (Å²) in [6, 6.07) is 0. The molecule has 0 aliphatic rings. The minimum atomic E-state index is 0.230. The van der Waals surface area contributed by atoms with E-state index in [-0.39, 0.29) is 5.41 Å². The molecule has 0 unspecified atom stereocenters. The van der Waals surface area contributed by atoms with Gasteiger partial charge in [-0.3, -0.25) is 0 Å². The van der Waals surface area contributed by atoms with Crippen LogP contribution >= 0.6 is 15.9 Å². The molecule has 0 N–H and O–H groups in total. The first-order chi connectivity index (χ1) is 5.12. The minimum Gasteiger partial charge on any atom is -0.382 e. The second-order valence-electron chi connectivity index (χ2n) is 3.34. The second-order valence-corrected chi connectivity index (χ2v) is 3.90. The van der Waals surface area contributed by atoms with Gasteiger partial charge in [0.05, 0.1) is 19.8 Å². The summed E-state index contributed by atoms with van der Waals surface area (Å²) in [4.78, 5) is 0. The minimum absolute atomic E-state index is 0.230. The molecular weight excluding hydrogens is 208 g/mol. The van der Waals surface area contributed by atoms with Crippen LogP contribution in [0, 0.1) is 5.41 Å². The fraction of sp³-hybridized carbons (Fsp3) is 1.00. The maximum absolute atomic E-state index is 5.37. The van der Waals surface area contributed by atoms with Crippen LogP contribution in [0.2, 0.25) is 0 Å². The van der Waals surface area contributed by atoms with Crippen LogP contribution in [0.4, 0.5) is 0 Å². The lowest BCUT2D eigenvalue weighted by Crippen LogP contribution is -2.22. The molecule has 0 radical (unpaired) electrons. The lowest BCUT2D eigenvalue weighted by Gasteiger charge is -2.20. The van der Waals surface area contributed by atoms with E-state index in [1.54, 1.807) is 7.11 Å². The maximum Gasteiger partial charge on any atom is 0.0700 e. The zero-order valence-electron chi connectivity index (χ0n) is 7.52.